The average molecular weight is 562 g/mol. The zero-order valence-corrected chi connectivity index (χ0v) is 22.4. The fourth-order valence-electron chi connectivity index (χ4n) is 4.80. The third kappa shape index (κ3) is 4.76. The highest BCUT2D eigenvalue weighted by molar-refractivity contribution is 9.10. The molecule has 1 unspecified atom stereocenters. The van der Waals surface area contributed by atoms with Gasteiger partial charge in [0.05, 0.1) is 30.7 Å². The van der Waals surface area contributed by atoms with Crippen LogP contribution in [0.3, 0.4) is 0 Å². The fraction of sp³-hybridized carbons (Fsp3) is 0.267. The van der Waals surface area contributed by atoms with E-state index in [4.69, 9.17) is 13.9 Å². The van der Waals surface area contributed by atoms with Gasteiger partial charge in [0.25, 0.3) is 5.91 Å². The molecular weight excluding hydrogens is 534 g/mol. The summed E-state index contributed by atoms with van der Waals surface area (Å²) in [5, 5.41) is 0.417. The lowest BCUT2D eigenvalue weighted by molar-refractivity contribution is 0.0971. The van der Waals surface area contributed by atoms with Crippen LogP contribution in [-0.4, -0.2) is 19.6 Å². The molecule has 0 saturated carbocycles. The van der Waals surface area contributed by atoms with Gasteiger partial charge in [-0.15, -0.1) is 0 Å². The molecule has 6 nitrogen and oxygen atoms in total. The summed E-state index contributed by atoms with van der Waals surface area (Å²) in [6, 6.07) is 19.4. The molecule has 5 rings (SSSR count). The van der Waals surface area contributed by atoms with Crippen LogP contribution in [0.2, 0.25) is 0 Å². The average Bonchev–Trinajstić information content (AvgIpc) is 3.22. The van der Waals surface area contributed by atoms with Crippen LogP contribution >= 0.6 is 15.9 Å². The van der Waals surface area contributed by atoms with E-state index in [0.29, 0.717) is 40.3 Å². The topological polar surface area (TPSA) is 69.0 Å². The SMILES string of the molecule is CCCCCCOc1ccc(C2c3c(oc4ccc(Br)cc4c3=O)C(=O)N2c2ccccc2)cc1OC. The number of fused-ring (bicyclic) bond motifs is 2. The summed E-state index contributed by atoms with van der Waals surface area (Å²) in [6.45, 7) is 2.77. The summed E-state index contributed by atoms with van der Waals surface area (Å²) in [4.78, 5) is 29.1. The number of halogens is 1. The van der Waals surface area contributed by atoms with Crippen molar-refractivity contribution in [2.45, 2.75) is 38.6 Å². The third-order valence-corrected chi connectivity index (χ3v) is 7.12. The van der Waals surface area contributed by atoms with Gasteiger partial charge in [-0.3, -0.25) is 14.5 Å². The van der Waals surface area contributed by atoms with Crippen LogP contribution in [0.15, 0.2) is 80.4 Å². The van der Waals surface area contributed by atoms with E-state index in [1.54, 1.807) is 30.2 Å². The molecule has 190 valence electrons. The van der Waals surface area contributed by atoms with Gasteiger partial charge in [0.15, 0.2) is 16.9 Å². The molecule has 0 aliphatic carbocycles. The molecule has 7 heteroatoms. The smallest absolute Gasteiger partial charge is 0.295 e. The Labute approximate surface area is 223 Å². The Hall–Kier alpha value is -3.58. The van der Waals surface area contributed by atoms with Gasteiger partial charge < -0.3 is 13.9 Å². The molecule has 1 aromatic heterocycles. The Morgan fingerprint density at radius 1 is 0.946 bits per heavy atom. The minimum Gasteiger partial charge on any atom is -0.493 e. The van der Waals surface area contributed by atoms with Crippen molar-refractivity contribution in [1.29, 1.82) is 0 Å². The maximum Gasteiger partial charge on any atom is 0.295 e. The first-order valence-corrected chi connectivity index (χ1v) is 13.3. The number of para-hydroxylation sites is 1. The number of hydrogen-bond acceptors (Lipinski definition) is 5. The first-order chi connectivity index (χ1) is 18.0. The molecule has 1 amide bonds. The van der Waals surface area contributed by atoms with Gasteiger partial charge in [0.2, 0.25) is 5.76 Å². The van der Waals surface area contributed by atoms with E-state index in [2.05, 4.69) is 22.9 Å². The van der Waals surface area contributed by atoms with Crippen molar-refractivity contribution < 1.29 is 18.7 Å². The Kier molecular flexibility index (Phi) is 7.33. The molecule has 0 spiro atoms. The quantitative estimate of drug-likeness (QED) is 0.201. The van der Waals surface area contributed by atoms with Gasteiger partial charge in [0.1, 0.15) is 5.58 Å². The highest BCUT2D eigenvalue weighted by atomic mass is 79.9. The van der Waals surface area contributed by atoms with Gasteiger partial charge in [-0.25, -0.2) is 0 Å². The summed E-state index contributed by atoms with van der Waals surface area (Å²) in [7, 11) is 1.59. The molecule has 37 heavy (non-hydrogen) atoms. The maximum atomic E-state index is 13.8. The first kappa shape index (κ1) is 25.1. The Morgan fingerprint density at radius 2 is 1.76 bits per heavy atom. The zero-order valence-electron chi connectivity index (χ0n) is 20.8. The minimum absolute atomic E-state index is 0.0592. The standard InChI is InChI=1S/C30H28BrNO5/c1-3-4-5-9-16-36-24-14-12-19(17-25(24)35-2)27-26-28(33)22-18-20(31)13-15-23(22)37-29(26)30(34)32(27)21-10-7-6-8-11-21/h6-8,10-15,17-18,27H,3-5,9,16H2,1-2H3. The number of rotatable bonds is 9. The summed E-state index contributed by atoms with van der Waals surface area (Å²) in [5.41, 5.74) is 1.86. The Balaban J connectivity index is 1.62. The Morgan fingerprint density at radius 3 is 2.51 bits per heavy atom. The van der Waals surface area contributed by atoms with Crippen molar-refractivity contribution in [2.75, 3.05) is 18.6 Å². The van der Waals surface area contributed by atoms with E-state index in [1.807, 2.05) is 48.5 Å². The second kappa shape index (κ2) is 10.8. The number of unbranched alkanes of at least 4 members (excludes halogenated alkanes) is 3. The zero-order chi connectivity index (χ0) is 25.9. The van der Waals surface area contributed by atoms with Crippen LogP contribution in [0.4, 0.5) is 5.69 Å². The first-order valence-electron chi connectivity index (χ1n) is 12.5. The van der Waals surface area contributed by atoms with Crippen LogP contribution in [0.1, 0.15) is 60.3 Å². The number of anilines is 1. The predicted molar refractivity (Wildman–Crippen MR) is 148 cm³/mol. The van der Waals surface area contributed by atoms with E-state index in [1.165, 1.54) is 6.42 Å². The molecule has 4 aromatic rings. The molecule has 3 aromatic carbocycles. The number of hydrogen-bond donors (Lipinski definition) is 0. The van der Waals surface area contributed by atoms with Crippen LogP contribution < -0.4 is 19.8 Å². The summed E-state index contributed by atoms with van der Waals surface area (Å²) in [6.07, 6.45) is 4.42. The number of amides is 1. The monoisotopic (exact) mass is 561 g/mol. The van der Waals surface area contributed by atoms with Gasteiger partial charge >= 0.3 is 0 Å². The van der Waals surface area contributed by atoms with Crippen molar-refractivity contribution in [1.82, 2.24) is 0 Å². The summed E-state index contributed by atoms with van der Waals surface area (Å²) >= 11 is 3.44. The molecule has 2 heterocycles. The van der Waals surface area contributed by atoms with E-state index < -0.39 is 6.04 Å². The number of methoxy groups -OCH3 is 1. The van der Waals surface area contributed by atoms with Crippen molar-refractivity contribution in [3.05, 3.63) is 98.3 Å². The summed E-state index contributed by atoms with van der Waals surface area (Å²) in [5.74, 6) is 0.884. The van der Waals surface area contributed by atoms with Gasteiger partial charge in [-0.05, 0) is 54.4 Å². The van der Waals surface area contributed by atoms with Gasteiger partial charge in [-0.1, -0.05) is 66.4 Å². The summed E-state index contributed by atoms with van der Waals surface area (Å²) < 4.78 is 18.5. The molecular formula is C30H28BrNO5. The lowest BCUT2D eigenvalue weighted by Crippen LogP contribution is -2.29. The largest absolute Gasteiger partial charge is 0.493 e. The molecule has 0 radical (unpaired) electrons. The van der Waals surface area contributed by atoms with E-state index in [-0.39, 0.29) is 17.1 Å². The fourth-order valence-corrected chi connectivity index (χ4v) is 5.16. The second-order valence-corrected chi connectivity index (χ2v) is 9.96. The molecule has 1 aliphatic rings. The Bertz CT molecular complexity index is 1500. The molecule has 1 atom stereocenters. The van der Waals surface area contributed by atoms with Crippen molar-refractivity contribution in [3.8, 4) is 11.5 Å². The molecule has 1 aliphatic heterocycles. The van der Waals surface area contributed by atoms with Crippen molar-refractivity contribution >= 4 is 38.5 Å². The predicted octanol–water partition coefficient (Wildman–Crippen LogP) is 7.27. The van der Waals surface area contributed by atoms with Crippen LogP contribution in [0.5, 0.6) is 11.5 Å². The maximum absolute atomic E-state index is 13.8. The second-order valence-electron chi connectivity index (χ2n) is 9.05. The highest BCUT2D eigenvalue weighted by Crippen LogP contribution is 2.43. The van der Waals surface area contributed by atoms with Gasteiger partial charge in [0, 0.05) is 10.2 Å². The molecule has 0 bridgehead atoms. The number of ether oxygens (including phenoxy) is 2. The minimum atomic E-state index is -0.683. The highest BCUT2D eigenvalue weighted by Gasteiger charge is 2.43. The van der Waals surface area contributed by atoms with E-state index >= 15 is 0 Å². The lowest BCUT2D eigenvalue weighted by atomic mass is 9.97. The third-order valence-electron chi connectivity index (χ3n) is 6.63. The van der Waals surface area contributed by atoms with Crippen LogP contribution in [-0.2, 0) is 0 Å². The lowest BCUT2D eigenvalue weighted by Gasteiger charge is -2.26. The van der Waals surface area contributed by atoms with Crippen molar-refractivity contribution in [3.63, 3.8) is 0 Å². The number of carbonyl (C=O) groups is 1. The van der Waals surface area contributed by atoms with E-state index in [0.717, 1.165) is 29.3 Å². The number of carbonyl (C=O) groups excluding carboxylic acids is 1. The van der Waals surface area contributed by atoms with Crippen LogP contribution in [0.25, 0.3) is 11.0 Å². The number of nitrogens with zero attached hydrogens (tertiary/aromatic N) is 1. The molecule has 0 fully saturated rings. The van der Waals surface area contributed by atoms with Gasteiger partial charge in [-0.2, -0.15) is 0 Å². The van der Waals surface area contributed by atoms with Crippen LogP contribution in [0, 0.1) is 0 Å². The molecule has 0 N–H and O–H groups in total. The van der Waals surface area contributed by atoms with E-state index in [9.17, 15) is 9.59 Å². The van der Waals surface area contributed by atoms with Crippen molar-refractivity contribution in [2.24, 2.45) is 0 Å². The molecule has 0 saturated heterocycles. The normalized spacial score (nSPS) is 14.7. The number of benzene rings is 3.